The third-order valence-electron chi connectivity index (χ3n) is 6.94. The van der Waals surface area contributed by atoms with Crippen LogP contribution >= 0.6 is 0 Å². The summed E-state index contributed by atoms with van der Waals surface area (Å²) in [6, 6.07) is 39.7. The monoisotopic (exact) mass is 509 g/mol. The summed E-state index contributed by atoms with van der Waals surface area (Å²) in [7, 11) is 0. The van der Waals surface area contributed by atoms with Crippen LogP contribution < -0.4 is 29.0 Å². The molecule has 5 aromatic carbocycles. The summed E-state index contributed by atoms with van der Waals surface area (Å²) >= 11 is 0. The number of nitrogens with zero attached hydrogens (tertiary/aromatic N) is 3. The van der Waals surface area contributed by atoms with Crippen molar-refractivity contribution in [3.8, 4) is 51.0 Å². The number of benzene rings is 5. The van der Waals surface area contributed by atoms with Crippen molar-refractivity contribution in [2.24, 2.45) is 0 Å². The molecule has 6 heteroatoms. The van der Waals surface area contributed by atoms with E-state index in [2.05, 4.69) is 11.1 Å². The summed E-state index contributed by atoms with van der Waals surface area (Å²) in [5.74, 6) is 1.78. The largest absolute Gasteiger partial charge is 1.00 e. The van der Waals surface area contributed by atoms with Gasteiger partial charge in [-0.25, -0.2) is 19.9 Å². The Morgan fingerprint density at radius 3 is 1.65 bits per heavy atom. The van der Waals surface area contributed by atoms with Crippen LogP contribution in [0.2, 0.25) is 0 Å². The van der Waals surface area contributed by atoms with E-state index in [0.29, 0.717) is 28.6 Å². The number of nitrogens with one attached hydrogen (secondary N) is 1. The quantitative estimate of drug-likeness (QED) is 0.339. The van der Waals surface area contributed by atoms with Gasteiger partial charge < -0.3 is 5.11 Å². The molecule has 0 aliphatic carbocycles. The maximum absolute atomic E-state index is 13.5. The zero-order valence-electron chi connectivity index (χ0n) is 21.9. The van der Waals surface area contributed by atoms with E-state index >= 15 is 0 Å². The molecule has 0 unspecified atom stereocenters. The molecule has 0 saturated heterocycles. The maximum atomic E-state index is 13.5. The number of hydrogen-bond acceptors (Lipinski definition) is 4. The van der Waals surface area contributed by atoms with Crippen molar-refractivity contribution in [1.82, 2.24) is 15.0 Å². The smallest absolute Gasteiger partial charge is 0.868 e. The molecule has 7 rings (SSSR count). The van der Waals surface area contributed by atoms with E-state index in [1.165, 1.54) is 0 Å². The molecule has 2 heterocycles. The van der Waals surface area contributed by atoms with Crippen molar-refractivity contribution in [2.75, 3.05) is 0 Å². The van der Waals surface area contributed by atoms with Crippen molar-refractivity contribution in [1.29, 1.82) is 0 Å². The molecular weight excluding hydrogens is 487 g/mol. The molecule has 0 aliphatic heterocycles. The van der Waals surface area contributed by atoms with Gasteiger partial charge in [-0.2, -0.15) is 0 Å². The second-order valence-corrected chi connectivity index (χ2v) is 9.32. The predicted octanol–water partition coefficient (Wildman–Crippen LogP) is 3.74. The van der Waals surface area contributed by atoms with Crippen molar-refractivity contribution >= 4 is 21.7 Å². The van der Waals surface area contributed by atoms with Crippen molar-refractivity contribution in [3.05, 3.63) is 128 Å². The number of fused-ring (bicyclic) bond motifs is 2. The molecule has 0 spiro atoms. The molecule has 40 heavy (non-hydrogen) atoms. The van der Waals surface area contributed by atoms with Gasteiger partial charge in [0.15, 0.2) is 23.7 Å². The van der Waals surface area contributed by atoms with Gasteiger partial charge in [-0.1, -0.05) is 97.1 Å². The van der Waals surface area contributed by atoms with Gasteiger partial charge in [0.1, 0.15) is 0 Å². The van der Waals surface area contributed by atoms with Crippen LogP contribution in [0.5, 0.6) is 5.75 Å². The SMILES string of the molecule is [Li+].[O-]c1c(-c2ccc(-c3nc(-c4ccccc4)nc(-c4ccccc4)n3)c3ccccc23)ccc2ccc[nH+]c12. The maximum Gasteiger partial charge on any atom is 1.00 e. The first-order valence-electron chi connectivity index (χ1n) is 12.8. The fourth-order valence-corrected chi connectivity index (χ4v) is 5.04. The average Bonchev–Trinajstić information content (AvgIpc) is 3.02. The Hall–Kier alpha value is -4.82. The zero-order chi connectivity index (χ0) is 26.2. The Morgan fingerprint density at radius 2 is 1.00 bits per heavy atom. The van der Waals surface area contributed by atoms with Gasteiger partial charge in [-0.3, -0.25) is 0 Å². The average molecular weight is 510 g/mol. The molecule has 0 amide bonds. The summed E-state index contributed by atoms with van der Waals surface area (Å²) in [6.45, 7) is 0. The molecule has 7 aromatic rings. The Labute approximate surface area is 243 Å². The normalized spacial score (nSPS) is 10.9. The molecule has 184 valence electrons. The number of aromatic nitrogens is 4. The van der Waals surface area contributed by atoms with Gasteiger partial charge in [0.2, 0.25) is 5.52 Å². The summed E-state index contributed by atoms with van der Waals surface area (Å²) in [5, 5.41) is 16.3. The minimum Gasteiger partial charge on any atom is -0.868 e. The van der Waals surface area contributed by atoms with Crippen LogP contribution in [0.1, 0.15) is 0 Å². The van der Waals surface area contributed by atoms with Gasteiger partial charge in [0.25, 0.3) is 0 Å². The molecule has 1 N–H and O–H groups in total. The van der Waals surface area contributed by atoms with Crippen LogP contribution in [0.3, 0.4) is 0 Å². The number of H-pyrrole nitrogens is 1. The fraction of sp³-hybridized carbons (Fsp3) is 0. The molecule has 0 fully saturated rings. The van der Waals surface area contributed by atoms with Crippen molar-refractivity contribution in [3.63, 3.8) is 0 Å². The minimum absolute atomic E-state index is 0. The molecule has 5 nitrogen and oxygen atoms in total. The summed E-state index contributed by atoms with van der Waals surface area (Å²) in [4.78, 5) is 17.8. The first-order chi connectivity index (χ1) is 19.3. The van der Waals surface area contributed by atoms with E-state index in [1.54, 1.807) is 6.20 Å². The van der Waals surface area contributed by atoms with E-state index in [9.17, 15) is 5.11 Å². The van der Waals surface area contributed by atoms with Gasteiger partial charge in [0, 0.05) is 28.1 Å². The van der Waals surface area contributed by atoms with Gasteiger partial charge >= 0.3 is 18.9 Å². The Morgan fingerprint density at radius 1 is 0.475 bits per heavy atom. The summed E-state index contributed by atoms with van der Waals surface area (Å²) in [5.41, 5.74) is 4.84. The minimum atomic E-state index is -0.0242. The predicted molar refractivity (Wildman–Crippen MR) is 153 cm³/mol. The van der Waals surface area contributed by atoms with Crippen LogP contribution in [0.25, 0.3) is 67.0 Å². The second kappa shape index (κ2) is 10.7. The first kappa shape index (κ1) is 25.5. The fourth-order valence-electron chi connectivity index (χ4n) is 5.04. The topological polar surface area (TPSA) is 75.9 Å². The molecule has 0 saturated carbocycles. The Balaban J connectivity index is 0.00000289. The van der Waals surface area contributed by atoms with E-state index in [-0.39, 0.29) is 24.6 Å². The number of aromatic amines is 1. The molecule has 2 aromatic heterocycles. The van der Waals surface area contributed by atoms with Gasteiger partial charge in [-0.15, -0.1) is 0 Å². The Kier molecular flexibility index (Phi) is 6.84. The molecule has 0 bridgehead atoms. The third-order valence-corrected chi connectivity index (χ3v) is 6.94. The molecule has 0 radical (unpaired) electrons. The summed E-state index contributed by atoms with van der Waals surface area (Å²) < 4.78 is 0. The van der Waals surface area contributed by atoms with Crippen molar-refractivity contribution in [2.45, 2.75) is 0 Å². The molecular formula is C34H22LiN4O+. The van der Waals surface area contributed by atoms with Crippen LogP contribution in [-0.2, 0) is 0 Å². The van der Waals surface area contributed by atoms with E-state index in [4.69, 9.17) is 15.0 Å². The molecule has 0 atom stereocenters. The second-order valence-electron chi connectivity index (χ2n) is 9.32. The number of hydrogen-bond donors (Lipinski definition) is 0. The van der Waals surface area contributed by atoms with E-state index in [1.807, 2.05) is 115 Å². The van der Waals surface area contributed by atoms with Gasteiger partial charge in [-0.05, 0) is 45.8 Å². The standard InChI is InChI=1S/C34H22N4O.Li/c39-31-28(18-17-22-14-9-21-35-30(22)31)27-19-20-29(26-16-8-7-15-25(26)27)34-37-32(23-10-3-1-4-11-23)36-33(38-34)24-12-5-2-6-13-24;/h1-21,39H;/q;+1. The first-order valence-corrected chi connectivity index (χ1v) is 12.8. The van der Waals surface area contributed by atoms with E-state index < -0.39 is 0 Å². The summed E-state index contributed by atoms with van der Waals surface area (Å²) in [6.07, 6.45) is 1.78. The Bertz CT molecular complexity index is 1920. The van der Waals surface area contributed by atoms with Crippen molar-refractivity contribution < 1.29 is 29.0 Å². The third kappa shape index (κ3) is 4.52. The van der Waals surface area contributed by atoms with Gasteiger partial charge in [0.05, 0.1) is 0 Å². The van der Waals surface area contributed by atoms with Crippen LogP contribution in [0, 0.1) is 0 Å². The van der Waals surface area contributed by atoms with Crippen LogP contribution in [0.15, 0.2) is 128 Å². The number of pyridine rings is 1. The van der Waals surface area contributed by atoms with Crippen LogP contribution in [-0.4, -0.2) is 15.0 Å². The number of rotatable bonds is 4. The van der Waals surface area contributed by atoms with E-state index in [0.717, 1.165) is 38.4 Å². The zero-order valence-corrected chi connectivity index (χ0v) is 21.9. The molecule has 0 aliphatic rings. The van der Waals surface area contributed by atoms with Crippen LogP contribution in [0.4, 0.5) is 0 Å².